The van der Waals surface area contributed by atoms with E-state index in [1.807, 2.05) is 0 Å². The number of aliphatic hydroxyl groups excluding tert-OH is 1. The highest BCUT2D eigenvalue weighted by Gasteiger charge is 2.54. The number of aryl methyl sites for hydroxylation is 1. The van der Waals surface area contributed by atoms with Crippen molar-refractivity contribution in [3.05, 3.63) is 29.3 Å². The molecule has 23 heavy (non-hydrogen) atoms. The summed E-state index contributed by atoms with van der Waals surface area (Å²) in [4.78, 5) is 0. The van der Waals surface area contributed by atoms with Crippen molar-refractivity contribution in [2.24, 2.45) is 17.3 Å². The predicted octanol–water partition coefficient (Wildman–Crippen LogP) is 4.25. The van der Waals surface area contributed by atoms with Gasteiger partial charge in [-0.05, 0) is 78.5 Å². The van der Waals surface area contributed by atoms with Crippen LogP contribution in [0.4, 0.5) is 4.39 Å². The van der Waals surface area contributed by atoms with Crippen molar-refractivity contribution in [3.63, 3.8) is 0 Å². The van der Waals surface area contributed by atoms with Gasteiger partial charge in [0.2, 0.25) is 0 Å². The zero-order chi connectivity index (χ0) is 16.2. The van der Waals surface area contributed by atoms with Crippen LogP contribution in [0.5, 0.6) is 5.75 Å². The van der Waals surface area contributed by atoms with Gasteiger partial charge in [0.15, 0.2) is 0 Å². The number of aliphatic hydroxyl groups is 1. The van der Waals surface area contributed by atoms with Crippen molar-refractivity contribution in [2.45, 2.75) is 63.6 Å². The fraction of sp³-hybridized carbons (Fsp3) is 0.700. The second kappa shape index (κ2) is 5.47. The maximum atomic E-state index is 14.2. The molecule has 1 aromatic carbocycles. The van der Waals surface area contributed by atoms with E-state index in [1.165, 1.54) is 11.1 Å². The minimum Gasteiger partial charge on any atom is -0.497 e. The van der Waals surface area contributed by atoms with Crippen molar-refractivity contribution < 1.29 is 14.2 Å². The van der Waals surface area contributed by atoms with Crippen LogP contribution in [-0.4, -0.2) is 24.5 Å². The summed E-state index contributed by atoms with van der Waals surface area (Å²) in [5.41, 5.74) is 2.76. The highest BCUT2D eigenvalue weighted by atomic mass is 19.1. The Morgan fingerprint density at radius 3 is 2.87 bits per heavy atom. The molecule has 3 aliphatic rings. The topological polar surface area (TPSA) is 29.5 Å². The van der Waals surface area contributed by atoms with Crippen LogP contribution in [0.3, 0.4) is 0 Å². The molecule has 2 saturated carbocycles. The second-order valence-electron chi connectivity index (χ2n) is 8.11. The third kappa shape index (κ3) is 2.31. The van der Waals surface area contributed by atoms with Gasteiger partial charge in [0, 0.05) is 6.42 Å². The lowest BCUT2D eigenvalue weighted by Gasteiger charge is -2.56. The average molecular weight is 318 g/mol. The van der Waals surface area contributed by atoms with E-state index in [1.54, 1.807) is 7.11 Å². The number of rotatable bonds is 1. The number of fused-ring (bicyclic) bond motifs is 5. The minimum atomic E-state index is -0.834. The summed E-state index contributed by atoms with van der Waals surface area (Å²) >= 11 is 0. The fourth-order valence-electron chi connectivity index (χ4n) is 5.77. The summed E-state index contributed by atoms with van der Waals surface area (Å²) in [7, 11) is 1.71. The molecule has 0 radical (unpaired) electrons. The van der Waals surface area contributed by atoms with Crippen molar-refractivity contribution in [3.8, 4) is 5.75 Å². The van der Waals surface area contributed by atoms with Crippen molar-refractivity contribution in [2.75, 3.05) is 7.11 Å². The molecular weight excluding hydrogens is 291 g/mol. The largest absolute Gasteiger partial charge is 0.497 e. The first kappa shape index (κ1) is 15.4. The predicted molar refractivity (Wildman–Crippen MR) is 88.5 cm³/mol. The Hall–Kier alpha value is -1.09. The number of hydrogen-bond donors (Lipinski definition) is 1. The Bertz CT molecular complexity index is 601. The molecule has 0 aromatic heterocycles. The molecule has 0 unspecified atom stereocenters. The molecule has 0 bridgehead atoms. The molecule has 1 N–H and O–H groups in total. The first-order valence-corrected chi connectivity index (χ1v) is 9.02. The van der Waals surface area contributed by atoms with Gasteiger partial charge >= 0.3 is 0 Å². The lowest BCUT2D eigenvalue weighted by atomic mass is 9.50. The third-order valence-corrected chi connectivity index (χ3v) is 7.12. The zero-order valence-corrected chi connectivity index (χ0v) is 14.1. The van der Waals surface area contributed by atoms with Gasteiger partial charge in [0.05, 0.1) is 13.2 Å². The lowest BCUT2D eigenvalue weighted by Crippen LogP contribution is -2.53. The molecule has 3 aliphatic carbocycles. The summed E-state index contributed by atoms with van der Waals surface area (Å²) < 4.78 is 19.5. The van der Waals surface area contributed by atoms with Crippen LogP contribution in [0.25, 0.3) is 0 Å². The third-order valence-electron chi connectivity index (χ3n) is 7.12. The summed E-state index contributed by atoms with van der Waals surface area (Å²) in [5.74, 6) is 2.29. The normalized spacial score (nSPS) is 42.3. The molecule has 0 spiro atoms. The molecule has 6 atom stereocenters. The number of alkyl halides is 1. The Morgan fingerprint density at radius 2 is 2.09 bits per heavy atom. The van der Waals surface area contributed by atoms with Gasteiger partial charge in [-0.25, -0.2) is 4.39 Å². The minimum absolute atomic E-state index is 0.0896. The highest BCUT2D eigenvalue weighted by Crippen LogP contribution is 2.59. The first-order chi connectivity index (χ1) is 11.0. The maximum absolute atomic E-state index is 14.2. The maximum Gasteiger partial charge on any atom is 0.119 e. The Labute approximate surface area is 138 Å². The summed E-state index contributed by atoms with van der Waals surface area (Å²) in [6, 6.07) is 6.45. The number of methoxy groups -OCH3 is 1. The fourth-order valence-corrected chi connectivity index (χ4v) is 5.77. The van der Waals surface area contributed by atoms with E-state index in [4.69, 9.17) is 4.74 Å². The van der Waals surface area contributed by atoms with Crippen LogP contribution in [0.2, 0.25) is 0 Å². The summed E-state index contributed by atoms with van der Waals surface area (Å²) in [5, 5.41) is 10.5. The summed E-state index contributed by atoms with van der Waals surface area (Å²) in [6.07, 6.45) is 3.95. The van der Waals surface area contributed by atoms with Crippen LogP contribution in [0.1, 0.15) is 56.1 Å². The van der Waals surface area contributed by atoms with Crippen LogP contribution in [-0.2, 0) is 6.42 Å². The van der Waals surface area contributed by atoms with E-state index >= 15 is 0 Å². The number of halogens is 1. The highest BCUT2D eigenvalue weighted by molar-refractivity contribution is 5.40. The molecule has 0 aliphatic heterocycles. The smallest absolute Gasteiger partial charge is 0.119 e. The van der Waals surface area contributed by atoms with E-state index in [9.17, 15) is 9.50 Å². The van der Waals surface area contributed by atoms with Crippen LogP contribution < -0.4 is 4.74 Å². The quantitative estimate of drug-likeness (QED) is 0.839. The monoisotopic (exact) mass is 318 g/mol. The van der Waals surface area contributed by atoms with Crippen molar-refractivity contribution in [1.29, 1.82) is 0 Å². The van der Waals surface area contributed by atoms with E-state index in [0.29, 0.717) is 30.6 Å². The Balaban J connectivity index is 1.68. The first-order valence-electron chi connectivity index (χ1n) is 9.02. The number of hydrogen-bond acceptors (Lipinski definition) is 2. The van der Waals surface area contributed by atoms with Crippen LogP contribution in [0.15, 0.2) is 18.2 Å². The average Bonchev–Trinajstić information content (AvgIpc) is 2.55. The SMILES string of the molecule is COc1ccc2c(c1)CC[C@@H]1[C@@H]2CC[C@]2(C)[C@@H](O)C[C@@H](F)C[C@@H]12. The molecule has 2 fully saturated rings. The van der Waals surface area contributed by atoms with Gasteiger partial charge < -0.3 is 9.84 Å². The number of ether oxygens (including phenoxy) is 1. The van der Waals surface area contributed by atoms with Crippen molar-refractivity contribution >= 4 is 0 Å². The standard InChI is InChI=1S/C20H27FO2/c1-20-8-7-16-15-6-4-14(23-2)9-12(15)3-5-17(16)18(20)10-13(21)11-19(20)22/h4,6,9,13,16-19,22H,3,5,7-8,10-11H2,1-2H3/t13-,16+,17+,18-,19-,20-/m0/s1. The van der Waals surface area contributed by atoms with Gasteiger partial charge in [0.1, 0.15) is 11.9 Å². The van der Waals surface area contributed by atoms with Crippen molar-refractivity contribution in [1.82, 2.24) is 0 Å². The van der Waals surface area contributed by atoms with Crippen LogP contribution in [0, 0.1) is 17.3 Å². The molecule has 0 heterocycles. The molecule has 0 amide bonds. The molecule has 3 heteroatoms. The molecule has 4 rings (SSSR count). The van der Waals surface area contributed by atoms with E-state index in [0.717, 1.165) is 31.4 Å². The summed E-state index contributed by atoms with van der Waals surface area (Å²) in [6.45, 7) is 2.20. The van der Waals surface area contributed by atoms with E-state index in [-0.39, 0.29) is 5.41 Å². The van der Waals surface area contributed by atoms with Gasteiger partial charge in [0.25, 0.3) is 0 Å². The van der Waals surface area contributed by atoms with E-state index < -0.39 is 12.3 Å². The van der Waals surface area contributed by atoms with Crippen LogP contribution >= 0.6 is 0 Å². The molecular formula is C20H27FO2. The zero-order valence-electron chi connectivity index (χ0n) is 14.1. The van der Waals surface area contributed by atoms with E-state index in [2.05, 4.69) is 25.1 Å². The molecule has 2 nitrogen and oxygen atoms in total. The molecule has 126 valence electrons. The van der Waals surface area contributed by atoms with Gasteiger partial charge in [-0.3, -0.25) is 0 Å². The lowest BCUT2D eigenvalue weighted by molar-refractivity contribution is -0.118. The Kier molecular flexibility index (Phi) is 3.67. The number of benzene rings is 1. The van der Waals surface area contributed by atoms with Gasteiger partial charge in [-0.2, -0.15) is 0 Å². The molecule has 0 saturated heterocycles. The van der Waals surface area contributed by atoms with Gasteiger partial charge in [-0.15, -0.1) is 0 Å². The van der Waals surface area contributed by atoms with Gasteiger partial charge in [-0.1, -0.05) is 13.0 Å². The Morgan fingerprint density at radius 1 is 1.26 bits per heavy atom. The second-order valence-corrected chi connectivity index (χ2v) is 8.11. The molecule has 1 aromatic rings.